The third-order valence-corrected chi connectivity index (χ3v) is 6.24. The molecule has 0 amide bonds. The first-order valence-electron chi connectivity index (χ1n) is 9.09. The molecule has 1 aliphatic heterocycles. The summed E-state index contributed by atoms with van der Waals surface area (Å²) in [6.07, 6.45) is 14.4. The number of carbonyl (C=O) groups is 1. The quantitative estimate of drug-likeness (QED) is 0.727. The van der Waals surface area contributed by atoms with E-state index in [9.17, 15) is 4.79 Å². The van der Waals surface area contributed by atoms with E-state index in [4.69, 9.17) is 4.74 Å². The molecule has 3 rings (SSSR count). The summed E-state index contributed by atoms with van der Waals surface area (Å²) in [5.74, 6) is 0.352. The Morgan fingerprint density at radius 3 is 2.24 bits per heavy atom. The highest BCUT2D eigenvalue weighted by Crippen LogP contribution is 2.48. The zero-order valence-corrected chi connectivity index (χ0v) is 13.4. The van der Waals surface area contributed by atoms with Gasteiger partial charge in [-0.15, -0.1) is 0 Å². The topological polar surface area (TPSA) is 29.5 Å². The Bertz CT molecular complexity index is 320. The van der Waals surface area contributed by atoms with Gasteiger partial charge in [-0.05, 0) is 82.7 Å². The van der Waals surface area contributed by atoms with E-state index in [1.54, 1.807) is 0 Å². The van der Waals surface area contributed by atoms with E-state index >= 15 is 0 Å². The summed E-state index contributed by atoms with van der Waals surface area (Å²) >= 11 is 0. The zero-order valence-electron chi connectivity index (χ0n) is 13.4. The zero-order chi connectivity index (χ0) is 14.5. The first-order valence-corrected chi connectivity index (χ1v) is 9.09. The third kappa shape index (κ3) is 4.07. The Morgan fingerprint density at radius 1 is 1.00 bits per heavy atom. The van der Waals surface area contributed by atoms with Gasteiger partial charge >= 0.3 is 0 Å². The minimum atomic E-state index is 0.352. The molecule has 0 N–H and O–H groups in total. The molecular formula is C18H31NO2. The number of aldehydes is 1. The summed E-state index contributed by atoms with van der Waals surface area (Å²) in [4.78, 5) is 13.4. The first-order chi connectivity index (χ1) is 10.3. The molecule has 1 heterocycles. The highest BCUT2D eigenvalue weighted by Gasteiger charge is 2.38. The highest BCUT2D eigenvalue weighted by atomic mass is 16.5. The van der Waals surface area contributed by atoms with Crippen LogP contribution < -0.4 is 0 Å². The van der Waals surface area contributed by atoms with E-state index in [2.05, 4.69) is 4.90 Å². The lowest BCUT2D eigenvalue weighted by molar-refractivity contribution is -0.113. The summed E-state index contributed by atoms with van der Waals surface area (Å²) in [5.41, 5.74) is 0.564. The molecule has 0 radical (unpaired) electrons. The SMILES string of the molecule is O=CC1CCC2(CC1)CCC(OCCN1CCCC1)CC2. The molecule has 0 unspecified atom stereocenters. The van der Waals surface area contributed by atoms with Crippen LogP contribution in [0.1, 0.15) is 64.2 Å². The van der Waals surface area contributed by atoms with E-state index in [1.165, 1.54) is 70.7 Å². The molecule has 0 aromatic carbocycles. The summed E-state index contributed by atoms with van der Waals surface area (Å²) in [6, 6.07) is 0. The van der Waals surface area contributed by atoms with Crippen molar-refractivity contribution in [1.29, 1.82) is 0 Å². The van der Waals surface area contributed by atoms with Crippen molar-refractivity contribution in [1.82, 2.24) is 4.90 Å². The number of likely N-dealkylation sites (tertiary alicyclic amines) is 1. The molecule has 0 bridgehead atoms. The molecule has 3 aliphatic rings. The molecule has 3 fully saturated rings. The molecule has 0 aromatic heterocycles. The van der Waals surface area contributed by atoms with Gasteiger partial charge in [-0.3, -0.25) is 0 Å². The van der Waals surface area contributed by atoms with Gasteiger partial charge in [0.1, 0.15) is 6.29 Å². The largest absolute Gasteiger partial charge is 0.377 e. The molecule has 120 valence electrons. The van der Waals surface area contributed by atoms with E-state index in [0.29, 0.717) is 17.4 Å². The fourth-order valence-electron chi connectivity index (χ4n) is 4.61. The van der Waals surface area contributed by atoms with Crippen molar-refractivity contribution in [3.63, 3.8) is 0 Å². The summed E-state index contributed by atoms with van der Waals surface area (Å²) in [5, 5.41) is 0. The van der Waals surface area contributed by atoms with Gasteiger partial charge in [0.15, 0.2) is 0 Å². The normalized spacial score (nSPS) is 37.9. The minimum Gasteiger partial charge on any atom is -0.377 e. The fourth-order valence-corrected chi connectivity index (χ4v) is 4.61. The number of hydrogen-bond donors (Lipinski definition) is 0. The number of nitrogens with zero attached hydrogens (tertiary/aromatic N) is 1. The predicted octanol–water partition coefficient (Wildman–Crippen LogP) is 3.42. The Balaban J connectivity index is 1.34. The van der Waals surface area contributed by atoms with Crippen molar-refractivity contribution in [2.24, 2.45) is 11.3 Å². The van der Waals surface area contributed by atoms with E-state index in [-0.39, 0.29) is 0 Å². The summed E-state index contributed by atoms with van der Waals surface area (Å²) in [6.45, 7) is 4.59. The van der Waals surface area contributed by atoms with E-state index in [0.717, 1.165) is 26.0 Å². The molecule has 3 nitrogen and oxygen atoms in total. The lowest BCUT2D eigenvalue weighted by Crippen LogP contribution is -2.35. The third-order valence-electron chi connectivity index (χ3n) is 6.24. The molecule has 1 saturated heterocycles. The smallest absolute Gasteiger partial charge is 0.123 e. The monoisotopic (exact) mass is 293 g/mol. The van der Waals surface area contributed by atoms with Crippen LogP contribution in [0.4, 0.5) is 0 Å². The molecule has 21 heavy (non-hydrogen) atoms. The Hall–Kier alpha value is -0.410. The van der Waals surface area contributed by atoms with E-state index in [1.807, 2.05) is 0 Å². The maximum Gasteiger partial charge on any atom is 0.123 e. The Morgan fingerprint density at radius 2 is 1.62 bits per heavy atom. The van der Waals surface area contributed by atoms with Crippen molar-refractivity contribution < 1.29 is 9.53 Å². The van der Waals surface area contributed by atoms with Crippen LogP contribution in [0.3, 0.4) is 0 Å². The minimum absolute atomic E-state index is 0.352. The van der Waals surface area contributed by atoms with Gasteiger partial charge in [0.2, 0.25) is 0 Å². The average molecular weight is 293 g/mol. The van der Waals surface area contributed by atoms with Crippen molar-refractivity contribution in [2.75, 3.05) is 26.2 Å². The standard InChI is InChI=1S/C18H31NO2/c20-15-16-3-7-18(8-4-16)9-5-17(6-10-18)21-14-13-19-11-1-2-12-19/h15-17H,1-14H2. The molecule has 2 saturated carbocycles. The number of carbonyl (C=O) groups excluding carboxylic acids is 1. The van der Waals surface area contributed by atoms with Crippen LogP contribution in [-0.2, 0) is 9.53 Å². The lowest BCUT2D eigenvalue weighted by Gasteiger charge is -2.44. The van der Waals surface area contributed by atoms with Gasteiger partial charge in [0.25, 0.3) is 0 Å². The van der Waals surface area contributed by atoms with Crippen molar-refractivity contribution in [3.05, 3.63) is 0 Å². The molecule has 2 aliphatic carbocycles. The van der Waals surface area contributed by atoms with Gasteiger partial charge in [0.05, 0.1) is 12.7 Å². The average Bonchev–Trinajstić information content (AvgIpc) is 3.04. The van der Waals surface area contributed by atoms with Gasteiger partial charge in [-0.2, -0.15) is 0 Å². The van der Waals surface area contributed by atoms with Crippen molar-refractivity contribution in [3.8, 4) is 0 Å². The second-order valence-corrected chi connectivity index (χ2v) is 7.59. The van der Waals surface area contributed by atoms with Crippen LogP contribution in [0, 0.1) is 11.3 Å². The fraction of sp³-hybridized carbons (Fsp3) is 0.944. The van der Waals surface area contributed by atoms with Gasteiger partial charge < -0.3 is 14.4 Å². The van der Waals surface area contributed by atoms with Crippen molar-refractivity contribution >= 4 is 6.29 Å². The van der Waals surface area contributed by atoms with Crippen LogP contribution in [0.2, 0.25) is 0 Å². The Labute approximate surface area is 129 Å². The maximum absolute atomic E-state index is 10.9. The predicted molar refractivity (Wildman–Crippen MR) is 84.3 cm³/mol. The van der Waals surface area contributed by atoms with Crippen LogP contribution in [0.5, 0.6) is 0 Å². The number of ether oxygens (including phenoxy) is 1. The molecule has 3 heteroatoms. The van der Waals surface area contributed by atoms with Gasteiger partial charge in [-0.25, -0.2) is 0 Å². The molecule has 0 aromatic rings. The second kappa shape index (κ2) is 7.23. The number of hydrogen-bond acceptors (Lipinski definition) is 3. The van der Waals surface area contributed by atoms with Crippen LogP contribution in [0.25, 0.3) is 0 Å². The van der Waals surface area contributed by atoms with E-state index < -0.39 is 0 Å². The molecule has 1 spiro atoms. The highest BCUT2D eigenvalue weighted by molar-refractivity contribution is 5.53. The molecule has 0 atom stereocenters. The van der Waals surface area contributed by atoms with Gasteiger partial charge in [-0.1, -0.05) is 0 Å². The van der Waals surface area contributed by atoms with Crippen molar-refractivity contribution in [2.45, 2.75) is 70.3 Å². The van der Waals surface area contributed by atoms with Crippen LogP contribution in [0.15, 0.2) is 0 Å². The van der Waals surface area contributed by atoms with Crippen LogP contribution in [-0.4, -0.2) is 43.5 Å². The summed E-state index contributed by atoms with van der Waals surface area (Å²) < 4.78 is 6.12. The number of rotatable bonds is 5. The first kappa shape index (κ1) is 15.5. The summed E-state index contributed by atoms with van der Waals surface area (Å²) in [7, 11) is 0. The maximum atomic E-state index is 10.9. The Kier molecular flexibility index (Phi) is 5.33. The van der Waals surface area contributed by atoms with Gasteiger partial charge in [0, 0.05) is 12.5 Å². The molecular weight excluding hydrogens is 262 g/mol. The second-order valence-electron chi connectivity index (χ2n) is 7.59. The van der Waals surface area contributed by atoms with Crippen LogP contribution >= 0.6 is 0 Å². The lowest BCUT2D eigenvalue weighted by atomic mass is 9.63.